The Morgan fingerprint density at radius 1 is 1.09 bits per heavy atom. The number of thiophene rings is 1. The van der Waals surface area contributed by atoms with Crippen LogP contribution in [0.5, 0.6) is 5.75 Å². The highest BCUT2D eigenvalue weighted by Crippen LogP contribution is 2.41. The van der Waals surface area contributed by atoms with E-state index in [1.165, 1.54) is 18.4 Å². The van der Waals surface area contributed by atoms with Gasteiger partial charge in [0.2, 0.25) is 0 Å². The molecule has 4 rings (SSSR count). The number of methoxy groups -OCH3 is 1. The first-order chi connectivity index (χ1) is 16.3. The van der Waals surface area contributed by atoms with Crippen molar-refractivity contribution >= 4 is 50.7 Å². The van der Waals surface area contributed by atoms with E-state index in [0.717, 1.165) is 11.1 Å². The van der Waals surface area contributed by atoms with Crippen molar-refractivity contribution in [3.05, 3.63) is 86.9 Å². The van der Waals surface area contributed by atoms with Crippen molar-refractivity contribution in [1.82, 2.24) is 9.88 Å². The largest absolute Gasteiger partial charge is 0.496 e. The zero-order valence-electron chi connectivity index (χ0n) is 19.3. The predicted molar refractivity (Wildman–Crippen MR) is 137 cm³/mol. The number of halogens is 1. The average Bonchev–Trinajstić information content (AvgIpc) is 3.20. The number of carbonyl (C=O) groups is 2. The van der Waals surface area contributed by atoms with Crippen LogP contribution in [0, 0.1) is 13.8 Å². The van der Waals surface area contributed by atoms with Crippen LogP contribution in [0.1, 0.15) is 36.9 Å². The second-order valence-corrected chi connectivity index (χ2v) is 9.30. The number of fused-ring (bicyclic) bond motifs is 1. The Morgan fingerprint density at radius 3 is 2.47 bits per heavy atom. The van der Waals surface area contributed by atoms with Crippen molar-refractivity contribution in [2.45, 2.75) is 20.4 Å². The third kappa shape index (κ3) is 4.49. The number of aryl methyl sites for hydroxylation is 2. The topological polar surface area (TPSA) is 71.5 Å². The minimum absolute atomic E-state index is 0.213. The summed E-state index contributed by atoms with van der Waals surface area (Å²) in [5, 5.41) is 4.13. The van der Waals surface area contributed by atoms with E-state index in [-0.39, 0.29) is 11.8 Å². The second-order valence-electron chi connectivity index (χ2n) is 7.92. The van der Waals surface area contributed by atoms with E-state index in [2.05, 4.69) is 10.3 Å². The zero-order valence-corrected chi connectivity index (χ0v) is 20.9. The van der Waals surface area contributed by atoms with Crippen LogP contribution >= 0.6 is 22.9 Å². The van der Waals surface area contributed by atoms with Gasteiger partial charge in [0.15, 0.2) is 0 Å². The maximum atomic E-state index is 13.6. The van der Waals surface area contributed by atoms with Gasteiger partial charge in [-0.25, -0.2) is 4.98 Å². The molecular formula is C26H24ClN3O3S. The lowest BCUT2D eigenvalue weighted by Crippen LogP contribution is -2.26. The van der Waals surface area contributed by atoms with E-state index in [4.69, 9.17) is 16.3 Å². The first kappa shape index (κ1) is 23.7. The van der Waals surface area contributed by atoms with E-state index in [0.29, 0.717) is 49.4 Å². The lowest BCUT2D eigenvalue weighted by Gasteiger charge is -2.18. The fourth-order valence-corrected chi connectivity index (χ4v) is 5.18. The van der Waals surface area contributed by atoms with Crippen molar-refractivity contribution in [2.75, 3.05) is 19.5 Å². The third-order valence-corrected chi connectivity index (χ3v) is 7.20. The molecule has 0 aliphatic carbocycles. The fraction of sp³-hybridized carbons (Fsp3) is 0.192. The summed E-state index contributed by atoms with van der Waals surface area (Å²) in [5.41, 5.74) is 3.22. The fourth-order valence-electron chi connectivity index (χ4n) is 3.81. The molecule has 0 saturated carbocycles. The molecule has 2 heterocycles. The third-order valence-electron chi connectivity index (χ3n) is 5.57. The van der Waals surface area contributed by atoms with E-state index in [9.17, 15) is 9.59 Å². The van der Waals surface area contributed by atoms with Crippen LogP contribution in [0.25, 0.3) is 10.2 Å². The molecule has 0 spiro atoms. The van der Waals surface area contributed by atoms with Crippen molar-refractivity contribution in [2.24, 2.45) is 0 Å². The summed E-state index contributed by atoms with van der Waals surface area (Å²) in [6, 6.07) is 16.7. The number of aromatic nitrogens is 1. The standard InChI is InChI=1S/C26H24ClN3O3S/c1-15-20-22(29-24(31)18-12-8-9-13-19(18)33-4)23(34-25(20)28-16(2)21(15)27)26(32)30(3)14-17-10-6-5-7-11-17/h5-13H,14H2,1-4H3,(H,29,31). The van der Waals surface area contributed by atoms with Crippen molar-refractivity contribution in [1.29, 1.82) is 0 Å². The normalized spacial score (nSPS) is 10.9. The molecule has 2 amide bonds. The highest BCUT2D eigenvalue weighted by molar-refractivity contribution is 7.21. The van der Waals surface area contributed by atoms with Gasteiger partial charge < -0.3 is 15.0 Å². The van der Waals surface area contributed by atoms with Crippen LogP contribution in [0.2, 0.25) is 5.02 Å². The summed E-state index contributed by atoms with van der Waals surface area (Å²) in [4.78, 5) is 34.1. The van der Waals surface area contributed by atoms with Gasteiger partial charge in [-0.1, -0.05) is 54.1 Å². The van der Waals surface area contributed by atoms with Crippen molar-refractivity contribution in [3.8, 4) is 5.75 Å². The number of hydrogen-bond donors (Lipinski definition) is 1. The predicted octanol–water partition coefficient (Wildman–Crippen LogP) is 6.10. The van der Waals surface area contributed by atoms with Crippen LogP contribution < -0.4 is 10.1 Å². The first-order valence-electron chi connectivity index (χ1n) is 10.6. The smallest absolute Gasteiger partial charge is 0.266 e. The van der Waals surface area contributed by atoms with E-state index in [1.807, 2.05) is 44.2 Å². The maximum Gasteiger partial charge on any atom is 0.266 e. The summed E-state index contributed by atoms with van der Waals surface area (Å²) >= 11 is 7.75. The number of pyridine rings is 1. The Hall–Kier alpha value is -3.42. The number of nitrogens with one attached hydrogen (secondary N) is 1. The van der Waals surface area contributed by atoms with Gasteiger partial charge in [-0.2, -0.15) is 0 Å². The molecule has 8 heteroatoms. The Balaban J connectivity index is 1.80. The summed E-state index contributed by atoms with van der Waals surface area (Å²) in [6.45, 7) is 4.12. The minimum Gasteiger partial charge on any atom is -0.496 e. The average molecular weight is 494 g/mol. The molecule has 0 unspecified atom stereocenters. The molecule has 2 aromatic heterocycles. The quantitative estimate of drug-likeness (QED) is 0.352. The summed E-state index contributed by atoms with van der Waals surface area (Å²) in [7, 11) is 3.25. The molecule has 0 radical (unpaired) electrons. The molecule has 1 N–H and O–H groups in total. The van der Waals surface area contributed by atoms with Gasteiger partial charge in [0.05, 0.1) is 29.1 Å². The second kappa shape index (κ2) is 9.83. The minimum atomic E-state index is -0.381. The Morgan fingerprint density at radius 2 is 1.76 bits per heavy atom. The number of anilines is 1. The molecule has 0 fully saturated rings. The first-order valence-corrected chi connectivity index (χ1v) is 11.8. The highest BCUT2D eigenvalue weighted by Gasteiger charge is 2.27. The lowest BCUT2D eigenvalue weighted by molar-refractivity contribution is 0.0791. The number of hydrogen-bond acceptors (Lipinski definition) is 5. The molecule has 174 valence electrons. The van der Waals surface area contributed by atoms with Crippen LogP contribution in [0.15, 0.2) is 54.6 Å². The summed E-state index contributed by atoms with van der Waals surface area (Å²) in [5.74, 6) is -0.152. The van der Waals surface area contributed by atoms with Crippen molar-refractivity contribution in [3.63, 3.8) is 0 Å². The number of para-hydroxylation sites is 1. The van der Waals surface area contributed by atoms with Crippen molar-refractivity contribution < 1.29 is 14.3 Å². The Labute approximate surface area is 207 Å². The van der Waals surface area contributed by atoms with Gasteiger partial charge in [0, 0.05) is 19.0 Å². The van der Waals surface area contributed by atoms with E-state index in [1.54, 1.807) is 36.2 Å². The number of ether oxygens (including phenoxy) is 1. The Bertz CT molecular complexity index is 1390. The summed E-state index contributed by atoms with van der Waals surface area (Å²) in [6.07, 6.45) is 0. The number of carbonyl (C=O) groups excluding carboxylic acids is 2. The van der Waals surface area contributed by atoms with Gasteiger partial charge >= 0.3 is 0 Å². The number of rotatable bonds is 6. The number of benzene rings is 2. The molecule has 0 atom stereocenters. The molecule has 6 nitrogen and oxygen atoms in total. The molecule has 0 aliphatic heterocycles. The number of amides is 2. The molecule has 0 aliphatic rings. The van der Waals surface area contributed by atoms with Gasteiger partial charge in [-0.15, -0.1) is 11.3 Å². The lowest BCUT2D eigenvalue weighted by atomic mass is 10.1. The highest BCUT2D eigenvalue weighted by atomic mass is 35.5. The molecule has 4 aromatic rings. The van der Waals surface area contributed by atoms with Gasteiger partial charge in [-0.3, -0.25) is 9.59 Å². The van der Waals surface area contributed by atoms with Crippen LogP contribution in [-0.4, -0.2) is 35.9 Å². The zero-order chi connectivity index (χ0) is 24.4. The molecule has 2 aromatic carbocycles. The van der Waals surface area contributed by atoms with Crippen LogP contribution in [0.4, 0.5) is 5.69 Å². The SMILES string of the molecule is COc1ccccc1C(=O)Nc1c(C(=O)N(C)Cc2ccccc2)sc2nc(C)c(Cl)c(C)c12. The Kier molecular flexibility index (Phi) is 6.86. The van der Waals surface area contributed by atoms with Crippen LogP contribution in [-0.2, 0) is 6.54 Å². The van der Waals surface area contributed by atoms with Gasteiger partial charge in [0.25, 0.3) is 11.8 Å². The summed E-state index contributed by atoms with van der Waals surface area (Å²) < 4.78 is 5.35. The molecule has 0 saturated heterocycles. The van der Waals surface area contributed by atoms with E-state index >= 15 is 0 Å². The van der Waals surface area contributed by atoms with E-state index < -0.39 is 0 Å². The van der Waals surface area contributed by atoms with Gasteiger partial charge in [-0.05, 0) is 37.1 Å². The van der Waals surface area contributed by atoms with Crippen LogP contribution in [0.3, 0.4) is 0 Å². The molecule has 0 bridgehead atoms. The van der Waals surface area contributed by atoms with Gasteiger partial charge in [0.1, 0.15) is 15.5 Å². The number of nitrogens with zero attached hydrogens (tertiary/aromatic N) is 2. The molecule has 34 heavy (non-hydrogen) atoms. The maximum absolute atomic E-state index is 13.6. The monoisotopic (exact) mass is 493 g/mol. The molecular weight excluding hydrogens is 470 g/mol.